The number of anilines is 2. The van der Waals surface area contributed by atoms with Gasteiger partial charge < -0.3 is 15.6 Å². The topological polar surface area (TPSA) is 68.8 Å². The van der Waals surface area contributed by atoms with E-state index in [1.165, 1.54) is 0 Å². The summed E-state index contributed by atoms with van der Waals surface area (Å²) < 4.78 is 2.87. The lowest BCUT2D eigenvalue weighted by Crippen LogP contribution is -2.10. The van der Waals surface area contributed by atoms with E-state index in [9.17, 15) is 0 Å². The van der Waals surface area contributed by atoms with E-state index < -0.39 is 0 Å². The fourth-order valence-corrected chi connectivity index (χ4v) is 1.81. The van der Waals surface area contributed by atoms with E-state index in [4.69, 9.17) is 5.73 Å². The van der Waals surface area contributed by atoms with Crippen molar-refractivity contribution in [1.82, 2.24) is 14.5 Å². The molecule has 0 saturated heterocycles. The molecule has 2 heterocycles. The summed E-state index contributed by atoms with van der Waals surface area (Å²) in [6, 6.07) is 1.83. The fraction of sp³-hybridized carbons (Fsp3) is 0.200. The number of imidazole rings is 1. The quantitative estimate of drug-likeness (QED) is 0.896. The summed E-state index contributed by atoms with van der Waals surface area (Å²) >= 11 is 3.40. The first kappa shape index (κ1) is 10.9. The fourth-order valence-electron chi connectivity index (χ4n) is 1.31. The number of rotatable bonds is 4. The second-order valence-electron chi connectivity index (χ2n) is 3.33. The number of nitrogens with zero attached hydrogens (tertiary/aromatic N) is 3. The van der Waals surface area contributed by atoms with Crippen LogP contribution in [0, 0.1) is 0 Å². The standard InChI is InChI=1S/C10H12BrN5/c11-9-5-8(12)6-15-10(9)14-2-4-16-3-1-13-7-16/h1,3,5-7H,2,4,12H2,(H,14,15). The van der Waals surface area contributed by atoms with Gasteiger partial charge in [-0.05, 0) is 22.0 Å². The summed E-state index contributed by atoms with van der Waals surface area (Å²) in [6.45, 7) is 1.63. The molecule has 5 nitrogen and oxygen atoms in total. The molecule has 0 spiro atoms. The Morgan fingerprint density at radius 1 is 1.50 bits per heavy atom. The van der Waals surface area contributed by atoms with Crippen molar-refractivity contribution in [2.24, 2.45) is 0 Å². The van der Waals surface area contributed by atoms with Gasteiger partial charge in [-0.25, -0.2) is 9.97 Å². The number of hydrogen-bond donors (Lipinski definition) is 2. The molecule has 0 unspecified atom stereocenters. The Morgan fingerprint density at radius 2 is 2.38 bits per heavy atom. The van der Waals surface area contributed by atoms with Gasteiger partial charge in [0.1, 0.15) is 5.82 Å². The third-order valence-corrected chi connectivity index (χ3v) is 2.69. The molecule has 2 aromatic heterocycles. The van der Waals surface area contributed by atoms with Gasteiger partial charge in [0.15, 0.2) is 0 Å². The lowest BCUT2D eigenvalue weighted by molar-refractivity contribution is 0.725. The highest BCUT2D eigenvalue weighted by Gasteiger charge is 2.00. The summed E-state index contributed by atoms with van der Waals surface area (Å²) in [5, 5.41) is 3.22. The highest BCUT2D eigenvalue weighted by molar-refractivity contribution is 9.10. The van der Waals surface area contributed by atoms with Crippen molar-refractivity contribution in [2.75, 3.05) is 17.6 Å². The summed E-state index contributed by atoms with van der Waals surface area (Å²) in [6.07, 6.45) is 7.10. The Morgan fingerprint density at radius 3 is 3.06 bits per heavy atom. The van der Waals surface area contributed by atoms with Crippen LogP contribution in [0.5, 0.6) is 0 Å². The van der Waals surface area contributed by atoms with E-state index >= 15 is 0 Å². The summed E-state index contributed by atoms with van der Waals surface area (Å²) in [4.78, 5) is 8.16. The van der Waals surface area contributed by atoms with Crippen molar-refractivity contribution in [3.05, 3.63) is 35.5 Å². The van der Waals surface area contributed by atoms with Gasteiger partial charge in [0.25, 0.3) is 0 Å². The molecule has 0 amide bonds. The van der Waals surface area contributed by atoms with Gasteiger partial charge in [-0.3, -0.25) is 0 Å². The lowest BCUT2D eigenvalue weighted by atomic mass is 10.4. The normalized spacial score (nSPS) is 10.3. The molecule has 0 radical (unpaired) electrons. The van der Waals surface area contributed by atoms with Crippen molar-refractivity contribution in [3.8, 4) is 0 Å². The molecule has 0 atom stereocenters. The van der Waals surface area contributed by atoms with E-state index in [2.05, 4.69) is 31.2 Å². The smallest absolute Gasteiger partial charge is 0.140 e. The first-order valence-electron chi connectivity index (χ1n) is 4.86. The molecule has 2 aromatic rings. The van der Waals surface area contributed by atoms with Crippen molar-refractivity contribution >= 4 is 27.4 Å². The van der Waals surface area contributed by atoms with Crippen LogP contribution in [0.25, 0.3) is 0 Å². The molecule has 0 aromatic carbocycles. The molecule has 0 fully saturated rings. The number of nitrogen functional groups attached to an aromatic ring is 1. The van der Waals surface area contributed by atoms with Crippen LogP contribution in [0.1, 0.15) is 0 Å². The number of halogens is 1. The van der Waals surface area contributed by atoms with Crippen molar-refractivity contribution < 1.29 is 0 Å². The second-order valence-corrected chi connectivity index (χ2v) is 4.18. The van der Waals surface area contributed by atoms with Crippen LogP contribution in [0.2, 0.25) is 0 Å². The van der Waals surface area contributed by atoms with Crippen LogP contribution in [0.3, 0.4) is 0 Å². The van der Waals surface area contributed by atoms with E-state index in [-0.39, 0.29) is 0 Å². The van der Waals surface area contributed by atoms with E-state index in [1.807, 2.05) is 16.8 Å². The molecule has 3 N–H and O–H groups in total. The van der Waals surface area contributed by atoms with Crippen LogP contribution < -0.4 is 11.1 Å². The van der Waals surface area contributed by atoms with Crippen LogP contribution >= 0.6 is 15.9 Å². The van der Waals surface area contributed by atoms with E-state index in [0.717, 1.165) is 23.4 Å². The zero-order valence-corrected chi connectivity index (χ0v) is 10.2. The van der Waals surface area contributed by atoms with E-state index in [1.54, 1.807) is 18.7 Å². The minimum absolute atomic E-state index is 0.645. The molecule has 84 valence electrons. The maximum Gasteiger partial charge on any atom is 0.140 e. The maximum atomic E-state index is 5.60. The molecule has 0 aliphatic heterocycles. The zero-order valence-electron chi connectivity index (χ0n) is 8.60. The SMILES string of the molecule is Nc1cnc(NCCn2ccnc2)c(Br)c1. The van der Waals surface area contributed by atoms with Gasteiger partial charge in [-0.1, -0.05) is 0 Å². The molecular formula is C10H12BrN5. The largest absolute Gasteiger partial charge is 0.397 e. The van der Waals surface area contributed by atoms with Crippen LogP contribution in [-0.4, -0.2) is 21.1 Å². The Balaban J connectivity index is 1.90. The van der Waals surface area contributed by atoms with Crippen molar-refractivity contribution in [2.45, 2.75) is 6.54 Å². The summed E-state index contributed by atoms with van der Waals surface area (Å²) in [5.74, 6) is 0.800. The molecular weight excluding hydrogens is 270 g/mol. The first-order valence-corrected chi connectivity index (χ1v) is 5.65. The number of nitrogens with two attached hydrogens (primary N) is 1. The third kappa shape index (κ3) is 2.73. The van der Waals surface area contributed by atoms with Crippen LogP contribution in [-0.2, 0) is 6.54 Å². The molecule has 0 aliphatic carbocycles. The van der Waals surface area contributed by atoms with Gasteiger partial charge in [-0.2, -0.15) is 0 Å². The van der Waals surface area contributed by atoms with Gasteiger partial charge in [0.05, 0.1) is 22.7 Å². The third-order valence-electron chi connectivity index (χ3n) is 2.08. The Kier molecular flexibility index (Phi) is 3.40. The zero-order chi connectivity index (χ0) is 11.4. The minimum atomic E-state index is 0.645. The predicted octanol–water partition coefficient (Wildman–Crippen LogP) is 1.73. The highest BCUT2D eigenvalue weighted by atomic mass is 79.9. The predicted molar refractivity (Wildman–Crippen MR) is 67.1 cm³/mol. The average molecular weight is 282 g/mol. The number of pyridine rings is 1. The Hall–Kier alpha value is -1.56. The van der Waals surface area contributed by atoms with Gasteiger partial charge >= 0.3 is 0 Å². The number of nitrogens with one attached hydrogen (secondary N) is 1. The molecule has 6 heteroatoms. The van der Waals surface area contributed by atoms with Crippen molar-refractivity contribution in [3.63, 3.8) is 0 Å². The Bertz CT molecular complexity index is 454. The molecule has 0 aliphatic rings. The van der Waals surface area contributed by atoms with Crippen molar-refractivity contribution in [1.29, 1.82) is 0 Å². The van der Waals surface area contributed by atoms with Gasteiger partial charge in [0, 0.05) is 25.5 Å². The summed E-state index contributed by atoms with van der Waals surface area (Å²) in [5.41, 5.74) is 6.25. The highest BCUT2D eigenvalue weighted by Crippen LogP contribution is 2.21. The lowest BCUT2D eigenvalue weighted by Gasteiger charge is -2.08. The first-order chi connectivity index (χ1) is 7.75. The minimum Gasteiger partial charge on any atom is -0.397 e. The molecule has 0 saturated carbocycles. The molecule has 0 bridgehead atoms. The average Bonchev–Trinajstić information content (AvgIpc) is 2.74. The summed E-state index contributed by atoms with van der Waals surface area (Å²) in [7, 11) is 0. The van der Waals surface area contributed by atoms with E-state index in [0.29, 0.717) is 5.69 Å². The number of aromatic nitrogens is 3. The van der Waals surface area contributed by atoms with Gasteiger partial charge in [-0.15, -0.1) is 0 Å². The number of hydrogen-bond acceptors (Lipinski definition) is 4. The second kappa shape index (κ2) is 4.98. The Labute approximate surface area is 102 Å². The monoisotopic (exact) mass is 281 g/mol. The van der Waals surface area contributed by atoms with Crippen LogP contribution in [0.15, 0.2) is 35.5 Å². The maximum absolute atomic E-state index is 5.60. The molecule has 16 heavy (non-hydrogen) atoms. The van der Waals surface area contributed by atoms with Gasteiger partial charge in [0.2, 0.25) is 0 Å². The molecule has 2 rings (SSSR count). The van der Waals surface area contributed by atoms with Crippen LogP contribution in [0.4, 0.5) is 11.5 Å².